The molecular formula is C15H21ClN2O. The molecule has 1 N–H and O–H groups in total. The summed E-state index contributed by atoms with van der Waals surface area (Å²) in [6, 6.07) is 7.76. The number of nitrogens with zero attached hydrogens (tertiary/aromatic N) is 1. The molecule has 19 heavy (non-hydrogen) atoms. The zero-order chi connectivity index (χ0) is 14.0. The summed E-state index contributed by atoms with van der Waals surface area (Å²) in [6.45, 7) is 5.98. The minimum atomic E-state index is 0.0697. The highest BCUT2D eigenvalue weighted by Crippen LogP contribution is 2.25. The standard InChI is InChI=1S/C15H21ClN2O/c1-10(13-8-17-9-13)15(19)18(3)11(2)12-4-6-14(16)7-5-12/h4-7,10-11,13,17H,8-9H2,1-3H3. The molecular weight excluding hydrogens is 260 g/mol. The van der Waals surface area contributed by atoms with Crippen molar-refractivity contribution in [3.63, 3.8) is 0 Å². The van der Waals surface area contributed by atoms with E-state index in [4.69, 9.17) is 11.6 Å². The molecule has 1 aliphatic rings. The number of amides is 1. The minimum Gasteiger partial charge on any atom is -0.339 e. The second-order valence-electron chi connectivity index (χ2n) is 5.38. The lowest BCUT2D eigenvalue weighted by Crippen LogP contribution is -2.50. The lowest BCUT2D eigenvalue weighted by Gasteiger charge is -2.35. The predicted molar refractivity (Wildman–Crippen MR) is 78.2 cm³/mol. The van der Waals surface area contributed by atoms with Crippen LogP contribution in [0.2, 0.25) is 5.02 Å². The number of hydrogen-bond acceptors (Lipinski definition) is 2. The average molecular weight is 281 g/mol. The SMILES string of the molecule is CC(C(=O)N(C)C(C)c1ccc(Cl)cc1)C1CNC1. The van der Waals surface area contributed by atoms with Gasteiger partial charge < -0.3 is 10.2 Å². The van der Waals surface area contributed by atoms with E-state index in [9.17, 15) is 4.79 Å². The normalized spacial score (nSPS) is 18.5. The first-order valence-electron chi connectivity index (χ1n) is 6.73. The summed E-state index contributed by atoms with van der Waals surface area (Å²) < 4.78 is 0. The average Bonchev–Trinajstić information content (AvgIpc) is 2.35. The number of hydrogen-bond donors (Lipinski definition) is 1. The van der Waals surface area contributed by atoms with Crippen molar-refractivity contribution < 1.29 is 4.79 Å². The van der Waals surface area contributed by atoms with Crippen LogP contribution in [-0.2, 0) is 4.79 Å². The van der Waals surface area contributed by atoms with Crippen LogP contribution in [0, 0.1) is 11.8 Å². The van der Waals surface area contributed by atoms with Gasteiger partial charge in [0.1, 0.15) is 0 Å². The summed E-state index contributed by atoms with van der Waals surface area (Å²) in [5.74, 6) is 0.780. The van der Waals surface area contributed by atoms with Crippen LogP contribution in [0.15, 0.2) is 24.3 Å². The third kappa shape index (κ3) is 3.10. The van der Waals surface area contributed by atoms with Gasteiger partial charge in [-0.2, -0.15) is 0 Å². The van der Waals surface area contributed by atoms with E-state index in [1.165, 1.54) is 0 Å². The van der Waals surface area contributed by atoms with E-state index in [2.05, 4.69) is 5.32 Å². The van der Waals surface area contributed by atoms with Crippen molar-refractivity contribution in [1.29, 1.82) is 0 Å². The number of carbonyl (C=O) groups excluding carboxylic acids is 1. The summed E-state index contributed by atoms with van der Waals surface area (Å²) in [5.41, 5.74) is 1.11. The van der Waals surface area contributed by atoms with E-state index in [1.807, 2.05) is 50.1 Å². The summed E-state index contributed by atoms with van der Waals surface area (Å²) in [5, 5.41) is 3.94. The molecule has 2 atom stereocenters. The predicted octanol–water partition coefficient (Wildman–Crippen LogP) is 2.71. The van der Waals surface area contributed by atoms with Gasteiger partial charge in [-0.1, -0.05) is 30.7 Å². The first kappa shape index (κ1) is 14.4. The van der Waals surface area contributed by atoms with E-state index >= 15 is 0 Å². The maximum Gasteiger partial charge on any atom is 0.226 e. The molecule has 1 aromatic carbocycles. The van der Waals surface area contributed by atoms with Gasteiger partial charge in [0.05, 0.1) is 6.04 Å². The maximum absolute atomic E-state index is 12.4. The molecule has 0 bridgehead atoms. The van der Waals surface area contributed by atoms with Gasteiger partial charge in [0.2, 0.25) is 5.91 Å². The molecule has 1 fully saturated rings. The second kappa shape index (κ2) is 5.93. The van der Waals surface area contributed by atoms with Gasteiger partial charge in [0.15, 0.2) is 0 Å². The molecule has 1 aromatic rings. The van der Waals surface area contributed by atoms with E-state index in [0.717, 1.165) is 23.7 Å². The maximum atomic E-state index is 12.4. The van der Waals surface area contributed by atoms with Gasteiger partial charge in [-0.05, 0) is 43.6 Å². The highest BCUT2D eigenvalue weighted by molar-refractivity contribution is 6.30. The van der Waals surface area contributed by atoms with Crippen LogP contribution in [0.3, 0.4) is 0 Å². The number of rotatable bonds is 4. The monoisotopic (exact) mass is 280 g/mol. The number of carbonyl (C=O) groups is 1. The van der Waals surface area contributed by atoms with Crippen LogP contribution in [-0.4, -0.2) is 30.9 Å². The third-order valence-electron chi connectivity index (χ3n) is 4.19. The minimum absolute atomic E-state index is 0.0697. The molecule has 0 radical (unpaired) electrons. The number of nitrogens with one attached hydrogen (secondary N) is 1. The summed E-state index contributed by atoms with van der Waals surface area (Å²) >= 11 is 5.89. The van der Waals surface area contributed by atoms with E-state index in [0.29, 0.717) is 5.92 Å². The molecule has 1 heterocycles. The fourth-order valence-corrected chi connectivity index (χ4v) is 2.47. The van der Waals surface area contributed by atoms with Crippen molar-refractivity contribution in [2.45, 2.75) is 19.9 Å². The lowest BCUT2D eigenvalue weighted by molar-refractivity contribution is -0.138. The van der Waals surface area contributed by atoms with Crippen LogP contribution >= 0.6 is 11.6 Å². The zero-order valence-corrected chi connectivity index (χ0v) is 12.4. The van der Waals surface area contributed by atoms with Crippen molar-refractivity contribution in [3.05, 3.63) is 34.9 Å². The Labute approximate surface area is 119 Å². The van der Waals surface area contributed by atoms with Crippen molar-refractivity contribution in [1.82, 2.24) is 10.2 Å². The molecule has 0 aliphatic carbocycles. The highest BCUT2D eigenvalue weighted by atomic mass is 35.5. The van der Waals surface area contributed by atoms with Crippen LogP contribution in [0.4, 0.5) is 0 Å². The molecule has 1 amide bonds. The Hall–Kier alpha value is -1.06. The zero-order valence-electron chi connectivity index (χ0n) is 11.7. The van der Waals surface area contributed by atoms with Gasteiger partial charge in [0.25, 0.3) is 0 Å². The molecule has 0 saturated carbocycles. The Morgan fingerprint density at radius 2 is 1.89 bits per heavy atom. The Morgan fingerprint density at radius 3 is 2.37 bits per heavy atom. The number of benzene rings is 1. The van der Waals surface area contributed by atoms with Crippen LogP contribution in [0.5, 0.6) is 0 Å². The first-order chi connectivity index (χ1) is 9.00. The molecule has 104 valence electrons. The van der Waals surface area contributed by atoms with Gasteiger partial charge in [0, 0.05) is 18.0 Å². The van der Waals surface area contributed by atoms with E-state index < -0.39 is 0 Å². The first-order valence-corrected chi connectivity index (χ1v) is 7.11. The Morgan fingerprint density at radius 1 is 1.32 bits per heavy atom. The highest BCUT2D eigenvalue weighted by Gasteiger charge is 2.31. The fraction of sp³-hybridized carbons (Fsp3) is 0.533. The molecule has 0 spiro atoms. The largest absolute Gasteiger partial charge is 0.339 e. The Kier molecular flexibility index (Phi) is 4.48. The van der Waals surface area contributed by atoms with E-state index in [-0.39, 0.29) is 17.9 Å². The summed E-state index contributed by atoms with van der Waals surface area (Å²) in [7, 11) is 1.88. The molecule has 1 saturated heterocycles. The molecule has 4 heteroatoms. The molecule has 1 aliphatic heterocycles. The van der Waals surface area contributed by atoms with Crippen LogP contribution < -0.4 is 5.32 Å². The smallest absolute Gasteiger partial charge is 0.226 e. The van der Waals surface area contributed by atoms with Crippen molar-refractivity contribution >= 4 is 17.5 Å². The number of halogens is 1. The van der Waals surface area contributed by atoms with Crippen molar-refractivity contribution in [2.75, 3.05) is 20.1 Å². The Balaban J connectivity index is 2.03. The lowest BCUT2D eigenvalue weighted by atomic mass is 9.87. The van der Waals surface area contributed by atoms with Crippen molar-refractivity contribution in [2.24, 2.45) is 11.8 Å². The second-order valence-corrected chi connectivity index (χ2v) is 5.82. The van der Waals surface area contributed by atoms with Crippen molar-refractivity contribution in [3.8, 4) is 0 Å². The molecule has 2 unspecified atom stereocenters. The summed E-state index contributed by atoms with van der Waals surface area (Å²) in [4.78, 5) is 14.3. The summed E-state index contributed by atoms with van der Waals surface area (Å²) in [6.07, 6.45) is 0. The molecule has 0 aromatic heterocycles. The third-order valence-corrected chi connectivity index (χ3v) is 4.44. The molecule has 3 nitrogen and oxygen atoms in total. The van der Waals surface area contributed by atoms with Gasteiger partial charge >= 0.3 is 0 Å². The topological polar surface area (TPSA) is 32.3 Å². The van der Waals surface area contributed by atoms with E-state index in [1.54, 1.807) is 0 Å². The van der Waals surface area contributed by atoms with Gasteiger partial charge in [-0.3, -0.25) is 4.79 Å². The van der Waals surface area contributed by atoms with Crippen LogP contribution in [0.25, 0.3) is 0 Å². The fourth-order valence-electron chi connectivity index (χ4n) is 2.34. The van der Waals surface area contributed by atoms with Gasteiger partial charge in [-0.25, -0.2) is 0 Å². The van der Waals surface area contributed by atoms with Crippen LogP contribution in [0.1, 0.15) is 25.5 Å². The van der Waals surface area contributed by atoms with Gasteiger partial charge in [-0.15, -0.1) is 0 Å². The quantitative estimate of drug-likeness (QED) is 0.920. The Bertz CT molecular complexity index is 442. The molecule has 2 rings (SSSR count).